The molecule has 0 rings (SSSR count). The second kappa shape index (κ2) is 6.22. The molecule has 6 heteroatoms. The van der Waals surface area contributed by atoms with Crippen LogP contribution in [-0.4, -0.2) is 59.9 Å². The van der Waals surface area contributed by atoms with Gasteiger partial charge in [0.1, 0.15) is 12.0 Å². The zero-order valence-corrected chi connectivity index (χ0v) is 10.9. The maximum Gasteiger partial charge on any atom is 0.326 e. The maximum absolute atomic E-state index is 12.0. The van der Waals surface area contributed by atoms with Gasteiger partial charge >= 0.3 is 5.97 Å². The average molecular weight is 244 g/mol. The highest BCUT2D eigenvalue weighted by Crippen LogP contribution is 2.12. The lowest BCUT2D eigenvalue weighted by molar-refractivity contribution is -0.153. The number of rotatable bonds is 5. The Labute approximate surface area is 101 Å². The van der Waals surface area contributed by atoms with E-state index in [4.69, 9.17) is 5.11 Å². The van der Waals surface area contributed by atoms with Crippen molar-refractivity contribution >= 4 is 17.8 Å². The molecule has 0 saturated carbocycles. The summed E-state index contributed by atoms with van der Waals surface area (Å²) in [6.45, 7) is 3.14. The number of carboxylic acids is 1. The van der Waals surface area contributed by atoms with Crippen LogP contribution >= 0.6 is 0 Å². The van der Waals surface area contributed by atoms with Gasteiger partial charge in [-0.3, -0.25) is 9.59 Å². The third-order valence-corrected chi connectivity index (χ3v) is 2.73. The van der Waals surface area contributed by atoms with Crippen molar-refractivity contribution in [3.05, 3.63) is 0 Å². The number of likely N-dealkylation sites (N-methyl/N-ethyl adjacent to an activating group) is 1. The summed E-state index contributed by atoms with van der Waals surface area (Å²) < 4.78 is 0. The highest BCUT2D eigenvalue weighted by atomic mass is 16.4. The second-order valence-electron chi connectivity index (χ2n) is 4.16. The fourth-order valence-corrected chi connectivity index (χ4v) is 1.37. The van der Waals surface area contributed by atoms with E-state index < -0.39 is 23.8 Å². The van der Waals surface area contributed by atoms with Gasteiger partial charge in [-0.2, -0.15) is 0 Å². The molecule has 1 N–H and O–H groups in total. The number of hydrogen-bond donors (Lipinski definition) is 1. The van der Waals surface area contributed by atoms with Gasteiger partial charge in [-0.1, -0.05) is 6.92 Å². The molecule has 0 heterocycles. The number of hydrogen-bond acceptors (Lipinski definition) is 3. The van der Waals surface area contributed by atoms with Crippen molar-refractivity contribution in [3.63, 3.8) is 0 Å². The third-order valence-electron chi connectivity index (χ3n) is 2.73. The SMILES string of the molecule is CCC(C(=O)N(C)C)C(=O)N(C)C(C)C(=O)O. The topological polar surface area (TPSA) is 77.9 Å². The van der Waals surface area contributed by atoms with Crippen molar-refractivity contribution in [3.8, 4) is 0 Å². The third kappa shape index (κ3) is 3.72. The molecule has 2 unspecified atom stereocenters. The number of carbonyl (C=O) groups excluding carboxylic acids is 2. The van der Waals surface area contributed by atoms with Crippen molar-refractivity contribution in [2.45, 2.75) is 26.3 Å². The van der Waals surface area contributed by atoms with Gasteiger partial charge in [-0.05, 0) is 13.3 Å². The number of aliphatic carboxylic acids is 1. The first kappa shape index (κ1) is 15.4. The van der Waals surface area contributed by atoms with Crippen LogP contribution in [0.1, 0.15) is 20.3 Å². The summed E-state index contributed by atoms with van der Waals surface area (Å²) in [5.41, 5.74) is 0. The van der Waals surface area contributed by atoms with Crippen LogP contribution in [0.25, 0.3) is 0 Å². The summed E-state index contributed by atoms with van der Waals surface area (Å²) in [5.74, 6) is -2.66. The van der Waals surface area contributed by atoms with Crippen LogP contribution in [0.2, 0.25) is 0 Å². The van der Waals surface area contributed by atoms with Gasteiger partial charge in [-0.15, -0.1) is 0 Å². The average Bonchev–Trinajstić information content (AvgIpc) is 2.27. The van der Waals surface area contributed by atoms with Gasteiger partial charge in [0.05, 0.1) is 0 Å². The molecule has 98 valence electrons. The van der Waals surface area contributed by atoms with Gasteiger partial charge < -0.3 is 14.9 Å². The number of carbonyl (C=O) groups is 3. The van der Waals surface area contributed by atoms with Crippen molar-refractivity contribution < 1.29 is 19.5 Å². The Morgan fingerprint density at radius 2 is 1.59 bits per heavy atom. The van der Waals surface area contributed by atoms with E-state index in [1.807, 2.05) is 0 Å². The summed E-state index contributed by atoms with van der Waals surface area (Å²) >= 11 is 0. The Hall–Kier alpha value is -1.59. The predicted octanol–water partition coefficient (Wildman–Crippen LogP) is 0.0323. The molecule has 0 aromatic rings. The Balaban J connectivity index is 4.88. The first-order valence-corrected chi connectivity index (χ1v) is 5.44. The van der Waals surface area contributed by atoms with Gasteiger partial charge in [-0.25, -0.2) is 4.79 Å². The standard InChI is InChI=1S/C11H20N2O4/c1-6-8(9(14)12(3)4)10(15)13(5)7(2)11(16)17/h7-8H,6H2,1-5H3,(H,16,17). The van der Waals surface area contributed by atoms with Crippen molar-refractivity contribution in [1.29, 1.82) is 0 Å². The lowest BCUT2D eigenvalue weighted by atomic mass is 10.0. The second-order valence-corrected chi connectivity index (χ2v) is 4.16. The summed E-state index contributed by atoms with van der Waals surface area (Å²) in [5, 5.41) is 8.81. The molecule has 2 amide bonds. The highest BCUT2D eigenvalue weighted by Gasteiger charge is 2.32. The van der Waals surface area contributed by atoms with Crippen molar-refractivity contribution in [2.24, 2.45) is 5.92 Å². The normalized spacial score (nSPS) is 13.7. The van der Waals surface area contributed by atoms with E-state index in [-0.39, 0.29) is 5.91 Å². The van der Waals surface area contributed by atoms with Crippen LogP contribution in [0.4, 0.5) is 0 Å². The van der Waals surface area contributed by atoms with Gasteiger partial charge in [0.15, 0.2) is 0 Å². The predicted molar refractivity (Wildman–Crippen MR) is 62.3 cm³/mol. The highest BCUT2D eigenvalue weighted by molar-refractivity contribution is 6.01. The lowest BCUT2D eigenvalue weighted by Crippen LogP contribution is -2.47. The van der Waals surface area contributed by atoms with E-state index in [9.17, 15) is 14.4 Å². The molecule has 0 aromatic carbocycles. The summed E-state index contributed by atoms with van der Waals surface area (Å²) in [4.78, 5) is 36.9. The van der Waals surface area contributed by atoms with Crippen LogP contribution in [0.15, 0.2) is 0 Å². The monoisotopic (exact) mass is 244 g/mol. The Bertz CT molecular complexity index is 315. The van der Waals surface area contributed by atoms with Crippen LogP contribution in [0.3, 0.4) is 0 Å². The molecule has 0 aromatic heterocycles. The van der Waals surface area contributed by atoms with E-state index in [0.29, 0.717) is 6.42 Å². The van der Waals surface area contributed by atoms with Crippen LogP contribution in [-0.2, 0) is 14.4 Å². The fraction of sp³-hybridized carbons (Fsp3) is 0.727. The zero-order valence-electron chi connectivity index (χ0n) is 10.9. The van der Waals surface area contributed by atoms with E-state index >= 15 is 0 Å². The van der Waals surface area contributed by atoms with E-state index in [0.717, 1.165) is 4.90 Å². The first-order valence-electron chi connectivity index (χ1n) is 5.44. The molecule has 0 fully saturated rings. The maximum atomic E-state index is 12.0. The zero-order chi connectivity index (χ0) is 13.7. The van der Waals surface area contributed by atoms with Gasteiger partial charge in [0.25, 0.3) is 0 Å². The molecule has 0 aliphatic heterocycles. The first-order chi connectivity index (χ1) is 7.73. The number of carboxylic acid groups (broad SMARTS) is 1. The molecule has 17 heavy (non-hydrogen) atoms. The van der Waals surface area contributed by atoms with Crippen molar-refractivity contribution in [1.82, 2.24) is 9.80 Å². The number of nitrogens with zero attached hydrogens (tertiary/aromatic N) is 2. The van der Waals surface area contributed by atoms with E-state index in [1.54, 1.807) is 21.0 Å². The molecular weight excluding hydrogens is 224 g/mol. The minimum atomic E-state index is -1.09. The molecule has 2 atom stereocenters. The summed E-state index contributed by atoms with van der Waals surface area (Å²) in [7, 11) is 4.53. The fourth-order valence-electron chi connectivity index (χ4n) is 1.37. The molecule has 6 nitrogen and oxygen atoms in total. The quantitative estimate of drug-likeness (QED) is 0.692. The molecule has 0 saturated heterocycles. The van der Waals surface area contributed by atoms with E-state index in [1.165, 1.54) is 18.9 Å². The minimum absolute atomic E-state index is 0.304. The lowest BCUT2D eigenvalue weighted by Gasteiger charge is -2.27. The van der Waals surface area contributed by atoms with Gasteiger partial charge in [0.2, 0.25) is 11.8 Å². The summed E-state index contributed by atoms with van der Waals surface area (Å²) in [6, 6.07) is -0.938. The van der Waals surface area contributed by atoms with Crippen LogP contribution in [0.5, 0.6) is 0 Å². The summed E-state index contributed by atoms with van der Waals surface area (Å²) in [6.07, 6.45) is 0.354. The molecule has 0 radical (unpaired) electrons. The minimum Gasteiger partial charge on any atom is -0.480 e. The van der Waals surface area contributed by atoms with Crippen LogP contribution < -0.4 is 0 Å². The molecular formula is C11H20N2O4. The molecule has 0 spiro atoms. The molecule has 0 aliphatic carbocycles. The van der Waals surface area contributed by atoms with E-state index in [2.05, 4.69) is 0 Å². The van der Waals surface area contributed by atoms with Crippen LogP contribution in [0, 0.1) is 5.92 Å². The Morgan fingerprint density at radius 3 is 1.88 bits per heavy atom. The smallest absolute Gasteiger partial charge is 0.326 e. The largest absolute Gasteiger partial charge is 0.480 e. The van der Waals surface area contributed by atoms with Gasteiger partial charge in [0, 0.05) is 21.1 Å². The molecule has 0 bridgehead atoms. The Kier molecular flexibility index (Phi) is 5.64. The Morgan fingerprint density at radius 1 is 1.12 bits per heavy atom. The number of amides is 2. The molecule has 0 aliphatic rings. The van der Waals surface area contributed by atoms with Crippen molar-refractivity contribution in [2.75, 3.05) is 21.1 Å².